The van der Waals surface area contributed by atoms with Crippen molar-refractivity contribution in [3.63, 3.8) is 0 Å². The standard InChI is InChI=1S/C16H16Br2FN/c1-10-7-13(17)16(14(18)8-10)20-11(2)9-12-5-3-4-6-15(12)19/h3-8,11,20H,9H2,1-2H3. The number of anilines is 1. The Kier molecular flexibility index (Phi) is 5.22. The van der Waals surface area contributed by atoms with E-state index in [-0.39, 0.29) is 11.9 Å². The molecule has 106 valence electrons. The van der Waals surface area contributed by atoms with E-state index >= 15 is 0 Å². The van der Waals surface area contributed by atoms with E-state index < -0.39 is 0 Å². The lowest BCUT2D eigenvalue weighted by Crippen LogP contribution is -2.19. The van der Waals surface area contributed by atoms with Crippen molar-refractivity contribution < 1.29 is 4.39 Å². The van der Waals surface area contributed by atoms with Crippen LogP contribution in [0.5, 0.6) is 0 Å². The normalized spacial score (nSPS) is 12.2. The molecule has 0 saturated heterocycles. The van der Waals surface area contributed by atoms with Gasteiger partial charge in [0.2, 0.25) is 0 Å². The number of rotatable bonds is 4. The van der Waals surface area contributed by atoms with Gasteiger partial charge in [0, 0.05) is 15.0 Å². The molecule has 2 aromatic rings. The first-order valence-corrected chi connectivity index (χ1v) is 8.01. The van der Waals surface area contributed by atoms with Gasteiger partial charge in [0.25, 0.3) is 0 Å². The Hall–Kier alpha value is -0.870. The quantitative estimate of drug-likeness (QED) is 0.693. The average Bonchev–Trinajstić information content (AvgIpc) is 2.36. The zero-order valence-electron chi connectivity index (χ0n) is 11.4. The average molecular weight is 401 g/mol. The molecule has 0 radical (unpaired) electrons. The second-order valence-electron chi connectivity index (χ2n) is 4.94. The Morgan fingerprint density at radius 2 is 1.75 bits per heavy atom. The number of hydrogen-bond acceptors (Lipinski definition) is 1. The Labute approximate surface area is 135 Å². The van der Waals surface area contributed by atoms with Crippen LogP contribution in [-0.2, 0) is 6.42 Å². The van der Waals surface area contributed by atoms with Crippen LogP contribution in [0.2, 0.25) is 0 Å². The minimum atomic E-state index is -0.150. The third kappa shape index (κ3) is 3.83. The minimum Gasteiger partial charge on any atom is -0.380 e. The minimum absolute atomic E-state index is 0.127. The van der Waals surface area contributed by atoms with Crippen molar-refractivity contribution in [1.29, 1.82) is 0 Å². The summed E-state index contributed by atoms with van der Waals surface area (Å²) in [6.07, 6.45) is 0.638. The molecule has 0 bridgehead atoms. The molecule has 1 N–H and O–H groups in total. The monoisotopic (exact) mass is 399 g/mol. The molecule has 0 amide bonds. The maximum Gasteiger partial charge on any atom is 0.126 e. The third-order valence-corrected chi connectivity index (χ3v) is 4.31. The van der Waals surface area contributed by atoms with Gasteiger partial charge in [0.15, 0.2) is 0 Å². The fraction of sp³-hybridized carbons (Fsp3) is 0.250. The highest BCUT2D eigenvalue weighted by Crippen LogP contribution is 2.33. The molecule has 2 aromatic carbocycles. The van der Waals surface area contributed by atoms with Crippen LogP contribution >= 0.6 is 31.9 Å². The van der Waals surface area contributed by atoms with Gasteiger partial charge in [0.05, 0.1) is 5.69 Å². The summed E-state index contributed by atoms with van der Waals surface area (Å²) in [5.41, 5.74) is 2.90. The van der Waals surface area contributed by atoms with Crippen LogP contribution in [0.25, 0.3) is 0 Å². The molecule has 1 nitrogen and oxygen atoms in total. The molecule has 0 spiro atoms. The first kappa shape index (κ1) is 15.5. The van der Waals surface area contributed by atoms with Gasteiger partial charge in [-0.25, -0.2) is 4.39 Å². The van der Waals surface area contributed by atoms with Crippen LogP contribution < -0.4 is 5.32 Å². The van der Waals surface area contributed by atoms with E-state index in [1.54, 1.807) is 6.07 Å². The van der Waals surface area contributed by atoms with E-state index in [1.165, 1.54) is 11.6 Å². The summed E-state index contributed by atoms with van der Waals surface area (Å²) in [5, 5.41) is 3.42. The van der Waals surface area contributed by atoms with Gasteiger partial charge < -0.3 is 5.32 Å². The zero-order chi connectivity index (χ0) is 14.7. The molecule has 0 saturated carbocycles. The molecule has 20 heavy (non-hydrogen) atoms. The van der Waals surface area contributed by atoms with Crippen molar-refractivity contribution in [1.82, 2.24) is 0 Å². The second kappa shape index (κ2) is 6.72. The predicted octanol–water partition coefficient (Wildman–Crippen LogP) is 5.70. The van der Waals surface area contributed by atoms with Gasteiger partial charge in [0.1, 0.15) is 5.82 Å². The van der Waals surface area contributed by atoms with Crippen molar-refractivity contribution in [3.05, 3.63) is 62.3 Å². The Morgan fingerprint density at radius 3 is 2.35 bits per heavy atom. The number of hydrogen-bond donors (Lipinski definition) is 1. The molecule has 0 fully saturated rings. The summed E-state index contributed by atoms with van der Waals surface area (Å²) < 4.78 is 15.7. The van der Waals surface area contributed by atoms with Crippen LogP contribution in [0, 0.1) is 12.7 Å². The third-order valence-electron chi connectivity index (χ3n) is 3.06. The lowest BCUT2D eigenvalue weighted by molar-refractivity contribution is 0.601. The van der Waals surface area contributed by atoms with E-state index in [2.05, 4.69) is 49.3 Å². The molecule has 2 rings (SSSR count). The van der Waals surface area contributed by atoms with Crippen LogP contribution in [0.1, 0.15) is 18.1 Å². The van der Waals surface area contributed by atoms with Crippen molar-refractivity contribution in [2.24, 2.45) is 0 Å². The molecule has 0 heterocycles. The van der Waals surface area contributed by atoms with Gasteiger partial charge in [-0.1, -0.05) is 18.2 Å². The van der Waals surface area contributed by atoms with Gasteiger partial charge in [-0.3, -0.25) is 0 Å². The number of nitrogens with one attached hydrogen (secondary N) is 1. The van der Waals surface area contributed by atoms with E-state index in [1.807, 2.05) is 26.0 Å². The Bertz CT molecular complexity index is 590. The fourth-order valence-electron chi connectivity index (χ4n) is 2.13. The maximum absolute atomic E-state index is 13.7. The first-order valence-electron chi connectivity index (χ1n) is 6.43. The van der Waals surface area contributed by atoms with Gasteiger partial charge in [-0.05, 0) is 81.5 Å². The van der Waals surface area contributed by atoms with E-state index in [9.17, 15) is 4.39 Å². The lowest BCUT2D eigenvalue weighted by Gasteiger charge is -2.18. The number of benzene rings is 2. The molecule has 4 heteroatoms. The molecule has 0 aliphatic rings. The summed E-state index contributed by atoms with van der Waals surface area (Å²) >= 11 is 7.12. The van der Waals surface area contributed by atoms with Crippen LogP contribution in [0.15, 0.2) is 45.3 Å². The number of aryl methyl sites for hydroxylation is 1. The van der Waals surface area contributed by atoms with Crippen molar-refractivity contribution >= 4 is 37.5 Å². The van der Waals surface area contributed by atoms with Crippen LogP contribution in [0.4, 0.5) is 10.1 Å². The number of halogens is 3. The van der Waals surface area contributed by atoms with Crippen molar-refractivity contribution in [3.8, 4) is 0 Å². The van der Waals surface area contributed by atoms with E-state index in [0.717, 1.165) is 20.2 Å². The van der Waals surface area contributed by atoms with Crippen LogP contribution in [0.3, 0.4) is 0 Å². The topological polar surface area (TPSA) is 12.0 Å². The van der Waals surface area contributed by atoms with Gasteiger partial charge in [-0.15, -0.1) is 0 Å². The first-order chi connectivity index (χ1) is 9.47. The summed E-state index contributed by atoms with van der Waals surface area (Å²) in [5.74, 6) is -0.150. The maximum atomic E-state index is 13.7. The molecule has 0 aliphatic carbocycles. The van der Waals surface area contributed by atoms with Crippen LogP contribution in [-0.4, -0.2) is 6.04 Å². The van der Waals surface area contributed by atoms with Crippen molar-refractivity contribution in [2.45, 2.75) is 26.3 Å². The largest absolute Gasteiger partial charge is 0.380 e. The summed E-state index contributed by atoms with van der Waals surface area (Å²) in [6, 6.07) is 11.1. The van der Waals surface area contributed by atoms with Crippen molar-refractivity contribution in [2.75, 3.05) is 5.32 Å². The molecule has 0 aliphatic heterocycles. The second-order valence-corrected chi connectivity index (χ2v) is 6.65. The van der Waals surface area contributed by atoms with Gasteiger partial charge in [-0.2, -0.15) is 0 Å². The summed E-state index contributed by atoms with van der Waals surface area (Å²) in [7, 11) is 0. The lowest BCUT2D eigenvalue weighted by atomic mass is 10.1. The molecule has 1 atom stereocenters. The predicted molar refractivity (Wildman–Crippen MR) is 89.8 cm³/mol. The molecular formula is C16H16Br2FN. The highest BCUT2D eigenvalue weighted by Gasteiger charge is 2.11. The molecule has 1 unspecified atom stereocenters. The highest BCUT2D eigenvalue weighted by molar-refractivity contribution is 9.11. The van der Waals surface area contributed by atoms with E-state index in [0.29, 0.717) is 6.42 Å². The fourth-order valence-corrected chi connectivity index (χ4v) is 3.77. The smallest absolute Gasteiger partial charge is 0.126 e. The Balaban J connectivity index is 2.13. The zero-order valence-corrected chi connectivity index (χ0v) is 14.6. The summed E-state index contributed by atoms with van der Waals surface area (Å²) in [6.45, 7) is 4.09. The van der Waals surface area contributed by atoms with E-state index in [4.69, 9.17) is 0 Å². The Morgan fingerprint density at radius 1 is 1.15 bits per heavy atom. The molecular weight excluding hydrogens is 385 g/mol. The van der Waals surface area contributed by atoms with Gasteiger partial charge >= 0.3 is 0 Å². The molecule has 0 aromatic heterocycles. The summed E-state index contributed by atoms with van der Waals surface area (Å²) in [4.78, 5) is 0. The SMILES string of the molecule is Cc1cc(Br)c(NC(C)Cc2ccccc2F)c(Br)c1. The highest BCUT2D eigenvalue weighted by atomic mass is 79.9.